The molecule has 4 aliphatic rings. The number of H-pyrrole nitrogens is 1. The van der Waals surface area contributed by atoms with Crippen molar-refractivity contribution in [2.24, 2.45) is 5.41 Å². The molecule has 346 valence electrons. The summed E-state index contributed by atoms with van der Waals surface area (Å²) in [6, 6.07) is 20.5. The van der Waals surface area contributed by atoms with E-state index < -0.39 is 31.4 Å². The molecule has 66 heavy (non-hydrogen) atoms. The Morgan fingerprint density at radius 1 is 1.00 bits per heavy atom. The second kappa shape index (κ2) is 18.7. The van der Waals surface area contributed by atoms with Crippen LogP contribution in [0.25, 0.3) is 16.6 Å². The summed E-state index contributed by atoms with van der Waals surface area (Å²) >= 11 is 6.26. The zero-order chi connectivity index (χ0) is 46.2. The van der Waals surface area contributed by atoms with Gasteiger partial charge in [-0.05, 0) is 90.4 Å². The first kappa shape index (κ1) is 45.1. The van der Waals surface area contributed by atoms with Gasteiger partial charge in [0.2, 0.25) is 0 Å². The number of nitrogens with one attached hydrogen (secondary N) is 4. The summed E-state index contributed by atoms with van der Waals surface area (Å²) in [7, 11) is -4.64. The summed E-state index contributed by atoms with van der Waals surface area (Å²) in [4.78, 5) is 53.0. The van der Waals surface area contributed by atoms with Gasteiger partial charge < -0.3 is 34.9 Å². The van der Waals surface area contributed by atoms with Crippen molar-refractivity contribution in [3.63, 3.8) is 0 Å². The standard InChI is InChI=1S/C47H52ClN9O8S/c1-47(2)13-11-32(38(26-47)30-3-5-33(48)6-4-30)28-54-17-19-55(20-18-54)34-7-9-37(40(24-34)56-16-15-50-46(59)43-42(56)23-31-12-14-49-44(31)52-43)45(58)53-66(62,63)36-8-10-39(41(25-36)57(60)61)51-27-35-29-64-21-22-65-35/h3-10,12,14,23-25,35,51H,11,13,15-22,26-29H2,1-2H3,(H,49,52)(H,50,59)(H,53,58)/t35-/m0/s1. The fraction of sp³-hybridized carbons (Fsp3) is 0.383. The number of aromatic nitrogens is 2. The molecule has 0 bridgehead atoms. The van der Waals surface area contributed by atoms with Gasteiger partial charge in [0.15, 0.2) is 5.69 Å². The number of hydrogen-bond acceptors (Lipinski definition) is 13. The molecule has 5 heterocycles. The van der Waals surface area contributed by atoms with Gasteiger partial charge in [-0.25, -0.2) is 18.1 Å². The average molecular weight is 939 g/mol. The molecule has 2 amide bonds. The monoisotopic (exact) mass is 937 g/mol. The van der Waals surface area contributed by atoms with Crippen LogP contribution >= 0.6 is 11.6 Å². The number of allylic oxidation sites excluding steroid dienone is 1. The van der Waals surface area contributed by atoms with Crippen molar-refractivity contribution in [1.82, 2.24) is 24.9 Å². The second-order valence-electron chi connectivity index (χ2n) is 17.9. The largest absolute Gasteiger partial charge is 0.377 e. The molecule has 0 unspecified atom stereocenters. The Morgan fingerprint density at radius 2 is 1.80 bits per heavy atom. The Kier molecular flexibility index (Phi) is 12.8. The van der Waals surface area contributed by atoms with Crippen LogP contribution in [0.15, 0.2) is 89.5 Å². The topological polar surface area (TPSA) is 204 Å². The third-order valence-corrected chi connectivity index (χ3v) is 14.4. The Morgan fingerprint density at radius 3 is 2.56 bits per heavy atom. The number of nitrogens with zero attached hydrogens (tertiary/aromatic N) is 5. The van der Waals surface area contributed by atoms with E-state index in [0.29, 0.717) is 55.0 Å². The smallest absolute Gasteiger partial charge is 0.293 e. The lowest BCUT2D eigenvalue weighted by atomic mass is 9.72. The van der Waals surface area contributed by atoms with Gasteiger partial charge in [-0.15, -0.1) is 0 Å². The van der Waals surface area contributed by atoms with Gasteiger partial charge in [0.05, 0.1) is 52.7 Å². The van der Waals surface area contributed by atoms with E-state index in [9.17, 15) is 28.1 Å². The van der Waals surface area contributed by atoms with Crippen LogP contribution in [0.3, 0.4) is 0 Å². The van der Waals surface area contributed by atoms with E-state index in [4.69, 9.17) is 21.1 Å². The third kappa shape index (κ3) is 9.73. The van der Waals surface area contributed by atoms with Crippen LogP contribution in [-0.2, 0) is 19.5 Å². The third-order valence-electron chi connectivity index (χ3n) is 12.8. The summed E-state index contributed by atoms with van der Waals surface area (Å²) < 4.78 is 41.1. The predicted molar refractivity (Wildman–Crippen MR) is 253 cm³/mol. The van der Waals surface area contributed by atoms with E-state index in [1.54, 1.807) is 18.3 Å². The molecule has 3 aliphatic heterocycles. The Labute approximate surface area is 387 Å². The molecule has 9 rings (SSSR count). The molecule has 4 N–H and O–H groups in total. The second-order valence-corrected chi connectivity index (χ2v) is 20.0. The lowest BCUT2D eigenvalue weighted by Crippen LogP contribution is -2.47. The SMILES string of the molecule is CC1(C)CCC(CN2CCN(c3ccc(C(=O)NS(=O)(=O)c4ccc(NC[C@H]5COCCO5)c([N+](=O)[O-])c4)c(N4CCNC(=O)c5nc6[nH]ccc6cc54)c3)CC2)=C(c2ccc(Cl)cc2)C1. The highest BCUT2D eigenvalue weighted by molar-refractivity contribution is 7.90. The van der Waals surface area contributed by atoms with Crippen molar-refractivity contribution < 1.29 is 32.4 Å². The summed E-state index contributed by atoms with van der Waals surface area (Å²) in [6.45, 7) is 10.3. The molecule has 19 heteroatoms. The number of ether oxygens (including phenoxy) is 2. The number of nitro groups is 1. The van der Waals surface area contributed by atoms with E-state index >= 15 is 0 Å². The molecule has 3 aromatic carbocycles. The summed E-state index contributed by atoms with van der Waals surface area (Å²) in [6.07, 6.45) is 4.52. The van der Waals surface area contributed by atoms with Gasteiger partial charge in [-0.3, -0.25) is 24.6 Å². The van der Waals surface area contributed by atoms with Gasteiger partial charge in [-0.2, -0.15) is 0 Å². The predicted octanol–water partition coefficient (Wildman–Crippen LogP) is 6.74. The van der Waals surface area contributed by atoms with Crippen LogP contribution in [0.4, 0.5) is 28.4 Å². The maximum atomic E-state index is 14.4. The molecule has 0 saturated carbocycles. The minimum absolute atomic E-state index is 0.0137. The normalized spacial score (nSPS) is 19.3. The molecule has 1 atom stereocenters. The van der Waals surface area contributed by atoms with Gasteiger partial charge >= 0.3 is 0 Å². The molecular weight excluding hydrogens is 886 g/mol. The fourth-order valence-electron chi connectivity index (χ4n) is 9.20. The Bertz CT molecular complexity index is 2820. The van der Waals surface area contributed by atoms with Crippen LogP contribution in [0.5, 0.6) is 0 Å². The number of piperazine rings is 1. The van der Waals surface area contributed by atoms with E-state index in [0.717, 1.165) is 56.0 Å². The quantitative estimate of drug-likeness (QED) is 0.0757. The number of carbonyl (C=O) groups is 2. The number of carbonyl (C=O) groups excluding carboxylic acids is 2. The van der Waals surface area contributed by atoms with Gasteiger partial charge in [-0.1, -0.05) is 43.2 Å². The minimum Gasteiger partial charge on any atom is -0.377 e. The first-order valence-corrected chi connectivity index (χ1v) is 24.0. The van der Waals surface area contributed by atoms with Crippen LogP contribution in [0.2, 0.25) is 5.02 Å². The van der Waals surface area contributed by atoms with Crippen molar-refractivity contribution in [2.75, 3.05) is 87.3 Å². The maximum absolute atomic E-state index is 14.4. The van der Waals surface area contributed by atoms with Gasteiger partial charge in [0.1, 0.15) is 11.3 Å². The Hall–Kier alpha value is -6.05. The number of halogens is 1. The molecule has 2 fully saturated rings. The summed E-state index contributed by atoms with van der Waals surface area (Å²) in [5.41, 5.74) is 6.15. The highest BCUT2D eigenvalue weighted by Crippen LogP contribution is 2.44. The van der Waals surface area contributed by atoms with Gasteiger partial charge in [0, 0.05) is 80.7 Å². The number of sulfonamides is 1. The van der Waals surface area contributed by atoms with E-state index in [1.807, 2.05) is 35.2 Å². The van der Waals surface area contributed by atoms with Crippen LogP contribution in [0, 0.1) is 15.5 Å². The molecule has 17 nitrogen and oxygen atoms in total. The molecule has 5 aromatic rings. The maximum Gasteiger partial charge on any atom is 0.293 e. The number of hydrogen-bond donors (Lipinski definition) is 4. The molecule has 1 aliphatic carbocycles. The number of aromatic amines is 1. The molecule has 2 saturated heterocycles. The zero-order valence-electron chi connectivity index (χ0n) is 36.8. The lowest BCUT2D eigenvalue weighted by Gasteiger charge is -2.39. The molecule has 0 radical (unpaired) electrons. The lowest BCUT2D eigenvalue weighted by molar-refractivity contribution is -0.384. The summed E-state index contributed by atoms with van der Waals surface area (Å²) in [5.74, 6) is -1.35. The number of rotatable bonds is 12. The first-order valence-electron chi connectivity index (χ1n) is 22.1. The molecular formula is C47H52ClN9O8S. The van der Waals surface area contributed by atoms with Crippen molar-refractivity contribution in [1.29, 1.82) is 0 Å². The van der Waals surface area contributed by atoms with Crippen molar-refractivity contribution in [2.45, 2.75) is 44.1 Å². The van der Waals surface area contributed by atoms with Crippen molar-refractivity contribution in [3.05, 3.63) is 117 Å². The van der Waals surface area contributed by atoms with Crippen molar-refractivity contribution in [3.8, 4) is 0 Å². The highest BCUT2D eigenvalue weighted by Gasteiger charge is 2.33. The molecule has 2 aromatic heterocycles. The first-order chi connectivity index (χ1) is 31.7. The Balaban J connectivity index is 0.998. The van der Waals surface area contributed by atoms with E-state index in [2.05, 4.69) is 61.1 Å². The number of pyridine rings is 1. The molecule has 0 spiro atoms. The zero-order valence-corrected chi connectivity index (χ0v) is 38.3. The highest BCUT2D eigenvalue weighted by atomic mass is 35.5. The average Bonchev–Trinajstić information content (AvgIpc) is 3.71. The number of nitro benzene ring substituents is 1. The fourth-order valence-corrected chi connectivity index (χ4v) is 10.3. The van der Waals surface area contributed by atoms with Gasteiger partial charge in [0.25, 0.3) is 27.5 Å². The van der Waals surface area contributed by atoms with E-state index in [-0.39, 0.29) is 54.0 Å². The number of amides is 2. The summed E-state index contributed by atoms with van der Waals surface area (Å²) in [5, 5.41) is 19.5. The number of fused-ring (bicyclic) bond motifs is 2. The minimum atomic E-state index is -4.64. The van der Waals surface area contributed by atoms with Crippen LogP contribution in [0.1, 0.15) is 59.5 Å². The van der Waals surface area contributed by atoms with Crippen molar-refractivity contribution >= 4 is 78.5 Å². The number of benzene rings is 3. The van der Waals surface area contributed by atoms with E-state index in [1.165, 1.54) is 28.8 Å². The number of anilines is 4. The van der Waals surface area contributed by atoms with Crippen LogP contribution in [-0.4, -0.2) is 118 Å². The van der Waals surface area contributed by atoms with Crippen LogP contribution < -0.4 is 25.2 Å².